The Hall–Kier alpha value is -3.47. The summed E-state index contributed by atoms with van der Waals surface area (Å²) in [4.78, 5) is 20.7. The predicted octanol–water partition coefficient (Wildman–Crippen LogP) is 5.38. The van der Waals surface area contributed by atoms with Crippen LogP contribution in [-0.2, 0) is 4.79 Å². The molecule has 11 heteroatoms. The van der Waals surface area contributed by atoms with Gasteiger partial charge in [-0.25, -0.2) is 14.8 Å². The number of carboxylic acid groups (broad SMARTS) is 1. The average Bonchev–Trinajstić information content (AvgIpc) is 3.41. The summed E-state index contributed by atoms with van der Waals surface area (Å²) in [6.07, 6.45) is 4.95. The highest BCUT2D eigenvalue weighted by Crippen LogP contribution is 2.29. The molecule has 0 saturated carbocycles. The van der Waals surface area contributed by atoms with Crippen molar-refractivity contribution in [2.24, 2.45) is 0 Å². The number of benzene rings is 1. The average molecular weight is 508 g/mol. The molecule has 0 amide bonds. The van der Waals surface area contributed by atoms with Crippen LogP contribution in [0.2, 0.25) is 0 Å². The highest BCUT2D eigenvalue weighted by atomic mass is 79.9. The van der Waals surface area contributed by atoms with Crippen LogP contribution in [0.5, 0.6) is 0 Å². The van der Waals surface area contributed by atoms with Crippen molar-refractivity contribution in [2.75, 3.05) is 0 Å². The maximum Gasteiger partial charge on any atom is 0.490 e. The molecule has 1 aromatic carbocycles. The third-order valence-corrected chi connectivity index (χ3v) is 4.91. The Balaban J connectivity index is 0.000000360. The van der Waals surface area contributed by atoms with Gasteiger partial charge in [0.1, 0.15) is 12.0 Å². The molecule has 0 fully saturated rings. The molecule has 0 saturated heterocycles. The fraction of sp³-hybridized carbons (Fsp3) is 0.143. The first-order chi connectivity index (χ1) is 15.2. The SMILES string of the molecule is C=CCC(c1cccc(Br)c1)n1cc(-c2ncnc3[nH]ccc23)cn1.O=C(O)C(F)(F)F. The lowest BCUT2D eigenvalue weighted by Crippen LogP contribution is -2.21. The van der Waals surface area contributed by atoms with E-state index >= 15 is 0 Å². The minimum atomic E-state index is -5.08. The number of aromatic nitrogens is 5. The number of rotatable bonds is 5. The first-order valence-electron chi connectivity index (χ1n) is 9.19. The lowest BCUT2D eigenvalue weighted by Gasteiger charge is -2.16. The third kappa shape index (κ3) is 5.41. The maximum absolute atomic E-state index is 10.6. The van der Waals surface area contributed by atoms with E-state index in [2.05, 4.69) is 54.7 Å². The van der Waals surface area contributed by atoms with Gasteiger partial charge < -0.3 is 10.1 Å². The Morgan fingerprint density at radius 1 is 1.31 bits per heavy atom. The first-order valence-corrected chi connectivity index (χ1v) is 9.99. The van der Waals surface area contributed by atoms with Crippen LogP contribution >= 0.6 is 15.9 Å². The Labute approximate surface area is 188 Å². The normalized spacial score (nSPS) is 12.1. The lowest BCUT2D eigenvalue weighted by atomic mass is 10.0. The number of hydrogen-bond donors (Lipinski definition) is 2. The Bertz CT molecular complexity index is 1240. The van der Waals surface area contributed by atoms with Crippen LogP contribution in [0, 0.1) is 0 Å². The second kappa shape index (κ2) is 9.77. The van der Waals surface area contributed by atoms with Crippen molar-refractivity contribution in [3.63, 3.8) is 0 Å². The van der Waals surface area contributed by atoms with Crippen molar-refractivity contribution in [1.82, 2.24) is 24.7 Å². The number of nitrogens with zero attached hydrogens (tertiary/aromatic N) is 4. The minimum Gasteiger partial charge on any atom is -0.475 e. The summed E-state index contributed by atoms with van der Waals surface area (Å²) >= 11 is 3.54. The second-order valence-electron chi connectivity index (χ2n) is 6.57. The fourth-order valence-electron chi connectivity index (χ4n) is 3.00. The van der Waals surface area contributed by atoms with E-state index in [-0.39, 0.29) is 6.04 Å². The van der Waals surface area contributed by atoms with E-state index < -0.39 is 12.1 Å². The van der Waals surface area contributed by atoms with Crippen LogP contribution in [0.4, 0.5) is 13.2 Å². The zero-order chi connectivity index (χ0) is 23.3. The van der Waals surface area contributed by atoms with Crippen molar-refractivity contribution in [1.29, 1.82) is 0 Å². The van der Waals surface area contributed by atoms with E-state index in [0.29, 0.717) is 0 Å². The van der Waals surface area contributed by atoms with E-state index in [4.69, 9.17) is 9.90 Å². The largest absolute Gasteiger partial charge is 0.490 e. The maximum atomic E-state index is 10.6. The number of aromatic amines is 1. The summed E-state index contributed by atoms with van der Waals surface area (Å²) in [6, 6.07) is 10.4. The molecule has 4 rings (SSSR count). The molecule has 0 aliphatic carbocycles. The van der Waals surface area contributed by atoms with Crippen molar-refractivity contribution in [2.45, 2.75) is 18.6 Å². The molecule has 2 N–H and O–H groups in total. The number of halogens is 4. The van der Waals surface area contributed by atoms with Gasteiger partial charge in [0, 0.05) is 27.8 Å². The monoisotopic (exact) mass is 507 g/mol. The fourth-order valence-corrected chi connectivity index (χ4v) is 3.42. The molecule has 1 atom stereocenters. The number of nitrogens with one attached hydrogen (secondary N) is 1. The number of fused-ring (bicyclic) bond motifs is 1. The molecule has 0 aliphatic rings. The minimum absolute atomic E-state index is 0.0901. The summed E-state index contributed by atoms with van der Waals surface area (Å²) < 4.78 is 34.8. The predicted molar refractivity (Wildman–Crippen MR) is 116 cm³/mol. The van der Waals surface area contributed by atoms with Gasteiger partial charge in [-0.2, -0.15) is 18.3 Å². The summed E-state index contributed by atoms with van der Waals surface area (Å²) in [6.45, 7) is 3.90. The van der Waals surface area contributed by atoms with E-state index in [1.54, 1.807) is 6.33 Å². The van der Waals surface area contributed by atoms with Gasteiger partial charge in [-0.15, -0.1) is 6.58 Å². The number of aliphatic carboxylic acids is 1. The van der Waals surface area contributed by atoms with Gasteiger partial charge >= 0.3 is 12.1 Å². The van der Waals surface area contributed by atoms with Crippen LogP contribution < -0.4 is 0 Å². The number of hydrogen-bond acceptors (Lipinski definition) is 4. The number of allylic oxidation sites excluding steroid dienone is 1. The molecule has 166 valence electrons. The number of H-pyrrole nitrogens is 1. The second-order valence-corrected chi connectivity index (χ2v) is 7.49. The van der Waals surface area contributed by atoms with Gasteiger partial charge in [0.25, 0.3) is 0 Å². The van der Waals surface area contributed by atoms with Gasteiger partial charge in [0.05, 0.1) is 17.9 Å². The molecule has 7 nitrogen and oxygen atoms in total. The summed E-state index contributed by atoms with van der Waals surface area (Å²) in [5, 5.41) is 12.7. The first kappa shape index (κ1) is 23.2. The highest BCUT2D eigenvalue weighted by Gasteiger charge is 2.38. The van der Waals surface area contributed by atoms with Gasteiger partial charge in [-0.05, 0) is 30.2 Å². The molecule has 3 aromatic heterocycles. The number of carboxylic acids is 1. The molecular weight excluding hydrogens is 491 g/mol. The molecule has 0 aliphatic heterocycles. The molecule has 3 heterocycles. The molecule has 0 spiro atoms. The zero-order valence-electron chi connectivity index (χ0n) is 16.4. The quantitative estimate of drug-likeness (QED) is 0.353. The third-order valence-electron chi connectivity index (χ3n) is 4.41. The van der Waals surface area contributed by atoms with Gasteiger partial charge in [0.15, 0.2) is 0 Å². The Morgan fingerprint density at radius 3 is 2.72 bits per heavy atom. The standard InChI is InChI=1S/C19H16BrN5.C2HF3O2/c1-2-4-17(13-5-3-6-15(20)9-13)25-11-14(10-24-25)18-16-7-8-21-19(16)23-12-22-18;3-2(4,5)1(6)7/h2-3,5-12,17H,1,4H2,(H,21,22,23);(H,6,7). The lowest BCUT2D eigenvalue weighted by molar-refractivity contribution is -0.192. The van der Waals surface area contributed by atoms with Gasteiger partial charge in [-0.3, -0.25) is 4.68 Å². The van der Waals surface area contributed by atoms with Crippen LogP contribution in [0.25, 0.3) is 22.3 Å². The molecule has 1 unspecified atom stereocenters. The van der Waals surface area contributed by atoms with Crippen molar-refractivity contribution < 1.29 is 23.1 Å². The zero-order valence-corrected chi connectivity index (χ0v) is 18.0. The molecular formula is C21H17BrF3N5O2. The van der Waals surface area contributed by atoms with Crippen LogP contribution in [0.3, 0.4) is 0 Å². The van der Waals surface area contributed by atoms with Crippen molar-refractivity contribution in [3.05, 3.63) is 77.9 Å². The van der Waals surface area contributed by atoms with Gasteiger partial charge in [-0.1, -0.05) is 34.1 Å². The number of alkyl halides is 3. The highest BCUT2D eigenvalue weighted by molar-refractivity contribution is 9.10. The van der Waals surface area contributed by atoms with E-state index in [9.17, 15) is 13.2 Å². The van der Waals surface area contributed by atoms with Crippen molar-refractivity contribution >= 4 is 32.9 Å². The molecule has 0 bridgehead atoms. The summed E-state index contributed by atoms with van der Waals surface area (Å²) in [5.74, 6) is -2.76. The van der Waals surface area contributed by atoms with Crippen LogP contribution in [0.1, 0.15) is 18.0 Å². The number of carbonyl (C=O) groups is 1. The summed E-state index contributed by atoms with van der Waals surface area (Å²) in [7, 11) is 0. The van der Waals surface area contributed by atoms with Crippen molar-refractivity contribution in [3.8, 4) is 11.3 Å². The van der Waals surface area contributed by atoms with E-state index in [0.717, 1.165) is 33.2 Å². The van der Waals surface area contributed by atoms with Gasteiger partial charge in [0.2, 0.25) is 0 Å². The topological polar surface area (TPSA) is 96.7 Å². The van der Waals surface area contributed by atoms with E-state index in [1.165, 1.54) is 5.56 Å². The molecule has 4 aromatic rings. The molecule has 32 heavy (non-hydrogen) atoms. The summed E-state index contributed by atoms with van der Waals surface area (Å²) in [5.41, 5.74) is 3.85. The smallest absolute Gasteiger partial charge is 0.475 e. The Kier molecular flexibility index (Phi) is 7.08. The van der Waals surface area contributed by atoms with E-state index in [1.807, 2.05) is 47.5 Å². The van der Waals surface area contributed by atoms with Crippen LogP contribution in [-0.4, -0.2) is 42.0 Å². The van der Waals surface area contributed by atoms with Crippen LogP contribution in [0.15, 0.2) is 72.4 Å². The molecule has 0 radical (unpaired) electrons. The Morgan fingerprint density at radius 2 is 2.06 bits per heavy atom.